The number of hydrogen-bond donors (Lipinski definition) is 3. The van der Waals surface area contributed by atoms with Crippen LogP contribution in [0.3, 0.4) is 0 Å². The number of hydrogen-bond acceptors (Lipinski definition) is 5. The lowest BCUT2D eigenvalue weighted by atomic mass is 9.84. The smallest absolute Gasteiger partial charge is 0.320 e. The summed E-state index contributed by atoms with van der Waals surface area (Å²) in [6.45, 7) is 0. The second-order valence-corrected chi connectivity index (χ2v) is 8.28. The number of carbonyl (C=O) groups is 1. The molecule has 0 saturated carbocycles. The number of allylic oxidation sites excluding steroid dienone is 3. The number of carboxylic acid groups (broad SMARTS) is 1. The molecular formula is C25H24N4O3. The lowest BCUT2D eigenvalue weighted by Gasteiger charge is -2.24. The maximum Gasteiger partial charge on any atom is 0.320 e. The topological polar surface area (TPSA) is 114 Å². The molecule has 32 heavy (non-hydrogen) atoms. The molecule has 2 aliphatic carbocycles. The molecule has 7 heteroatoms. The molecule has 2 aromatic carbocycles. The Hall–Kier alpha value is -3.55. The van der Waals surface area contributed by atoms with Crippen molar-refractivity contribution in [2.24, 2.45) is 5.73 Å². The van der Waals surface area contributed by atoms with Crippen molar-refractivity contribution in [2.45, 2.75) is 37.8 Å². The van der Waals surface area contributed by atoms with E-state index in [-0.39, 0.29) is 6.42 Å². The van der Waals surface area contributed by atoms with Crippen LogP contribution in [0.15, 0.2) is 66.3 Å². The highest BCUT2D eigenvalue weighted by Crippen LogP contribution is 2.43. The van der Waals surface area contributed by atoms with Crippen LogP contribution < -0.4 is 5.73 Å². The van der Waals surface area contributed by atoms with E-state index in [0.717, 1.165) is 52.2 Å². The van der Waals surface area contributed by atoms with Gasteiger partial charge in [-0.1, -0.05) is 59.3 Å². The van der Waals surface area contributed by atoms with Gasteiger partial charge < -0.3 is 15.9 Å². The molecule has 0 spiro atoms. The largest absolute Gasteiger partial charge is 0.480 e. The molecule has 2 atom stereocenters. The summed E-state index contributed by atoms with van der Waals surface area (Å²) in [7, 11) is 0. The van der Waals surface area contributed by atoms with Crippen LogP contribution in [-0.2, 0) is 11.2 Å². The Bertz CT molecular complexity index is 1240. The molecule has 0 radical (unpaired) electrons. The molecule has 0 bridgehead atoms. The fourth-order valence-electron chi connectivity index (χ4n) is 4.52. The molecule has 1 heterocycles. The number of nitrogens with zero attached hydrogens (tertiary/aromatic N) is 3. The Morgan fingerprint density at radius 3 is 2.75 bits per heavy atom. The molecule has 0 aliphatic heterocycles. The van der Waals surface area contributed by atoms with Crippen LogP contribution in [0.25, 0.3) is 22.5 Å². The fraction of sp³-hybridized carbons (Fsp3) is 0.240. The number of aliphatic carboxylic acids is 1. The Balaban J connectivity index is 1.64. The average Bonchev–Trinajstić information content (AvgIpc) is 3.23. The highest BCUT2D eigenvalue weighted by molar-refractivity contribution is 5.86. The van der Waals surface area contributed by atoms with Crippen LogP contribution in [0.1, 0.15) is 42.2 Å². The van der Waals surface area contributed by atoms with Crippen molar-refractivity contribution in [3.63, 3.8) is 0 Å². The van der Waals surface area contributed by atoms with Crippen molar-refractivity contribution in [1.29, 1.82) is 0 Å². The zero-order chi connectivity index (χ0) is 22.2. The van der Waals surface area contributed by atoms with Gasteiger partial charge in [0.05, 0.1) is 11.8 Å². The third-order valence-electron chi connectivity index (χ3n) is 6.17. The number of aliphatic hydroxyl groups excluding tert-OH is 1. The number of carboxylic acids is 1. The number of aliphatic hydroxyl groups is 1. The van der Waals surface area contributed by atoms with Crippen molar-refractivity contribution in [1.82, 2.24) is 15.0 Å². The molecule has 2 unspecified atom stereocenters. The first kappa shape index (κ1) is 20.4. The highest BCUT2D eigenvalue weighted by atomic mass is 16.4. The molecule has 162 valence electrons. The molecule has 7 nitrogen and oxygen atoms in total. The third-order valence-corrected chi connectivity index (χ3v) is 6.17. The normalized spacial score (nSPS) is 18.2. The Labute approximate surface area is 185 Å². The number of fused-ring (bicyclic) bond motifs is 4. The van der Waals surface area contributed by atoms with Gasteiger partial charge in [-0.3, -0.25) is 4.79 Å². The van der Waals surface area contributed by atoms with E-state index in [4.69, 9.17) is 10.8 Å². The van der Waals surface area contributed by atoms with Crippen molar-refractivity contribution in [3.8, 4) is 16.9 Å². The van der Waals surface area contributed by atoms with E-state index in [9.17, 15) is 9.90 Å². The molecule has 3 aromatic rings. The predicted octanol–water partition coefficient (Wildman–Crippen LogP) is 3.43. The molecule has 5 rings (SSSR count). The number of nitrogens with two attached hydrogens (primary N) is 1. The predicted molar refractivity (Wildman–Crippen MR) is 121 cm³/mol. The van der Waals surface area contributed by atoms with Crippen LogP contribution in [0.5, 0.6) is 0 Å². The molecule has 0 amide bonds. The summed E-state index contributed by atoms with van der Waals surface area (Å²) in [5, 5.41) is 29.0. The Morgan fingerprint density at radius 2 is 1.97 bits per heavy atom. The summed E-state index contributed by atoms with van der Waals surface area (Å²) in [5.41, 5.74) is 13.0. The summed E-state index contributed by atoms with van der Waals surface area (Å²) >= 11 is 0. The number of aromatic nitrogens is 3. The van der Waals surface area contributed by atoms with Crippen molar-refractivity contribution < 1.29 is 15.0 Å². The monoisotopic (exact) mass is 428 g/mol. The average molecular weight is 428 g/mol. The van der Waals surface area contributed by atoms with Crippen LogP contribution in [0, 0.1) is 0 Å². The summed E-state index contributed by atoms with van der Waals surface area (Å²) in [5.74, 6) is -1.02. The quantitative estimate of drug-likeness (QED) is 0.587. The van der Waals surface area contributed by atoms with Crippen molar-refractivity contribution in [2.75, 3.05) is 0 Å². The van der Waals surface area contributed by atoms with Crippen molar-refractivity contribution >= 4 is 11.5 Å². The molecular weight excluding hydrogens is 404 g/mol. The first-order valence-corrected chi connectivity index (χ1v) is 10.7. The van der Waals surface area contributed by atoms with Crippen LogP contribution in [-0.4, -0.2) is 37.2 Å². The minimum atomic E-state index is -1.02. The maximum absolute atomic E-state index is 11.1. The van der Waals surface area contributed by atoms with E-state index in [1.165, 1.54) is 5.57 Å². The van der Waals surface area contributed by atoms with Gasteiger partial charge in [-0.05, 0) is 48.9 Å². The van der Waals surface area contributed by atoms with Gasteiger partial charge in [0.25, 0.3) is 0 Å². The van der Waals surface area contributed by atoms with Gasteiger partial charge in [-0.15, -0.1) is 5.10 Å². The minimum Gasteiger partial charge on any atom is -0.480 e. The van der Waals surface area contributed by atoms with Crippen LogP contribution in [0.4, 0.5) is 0 Å². The second-order valence-electron chi connectivity index (χ2n) is 8.28. The summed E-state index contributed by atoms with van der Waals surface area (Å²) in [6.07, 6.45) is 6.35. The molecule has 4 N–H and O–H groups in total. The first-order valence-electron chi connectivity index (χ1n) is 10.7. The summed E-state index contributed by atoms with van der Waals surface area (Å²) in [4.78, 5) is 11.1. The van der Waals surface area contributed by atoms with Gasteiger partial charge in [0, 0.05) is 11.1 Å². The second kappa shape index (κ2) is 8.18. The third kappa shape index (κ3) is 3.55. The van der Waals surface area contributed by atoms with E-state index in [0.29, 0.717) is 6.42 Å². The summed E-state index contributed by atoms with van der Waals surface area (Å²) < 4.78 is 1.83. The van der Waals surface area contributed by atoms with E-state index < -0.39 is 18.1 Å². The van der Waals surface area contributed by atoms with Gasteiger partial charge in [-0.2, -0.15) is 0 Å². The molecule has 0 fully saturated rings. The van der Waals surface area contributed by atoms with Gasteiger partial charge in [0.1, 0.15) is 17.4 Å². The minimum absolute atomic E-state index is 0.258. The van der Waals surface area contributed by atoms with Crippen LogP contribution in [0.2, 0.25) is 0 Å². The Morgan fingerprint density at radius 1 is 1.19 bits per heavy atom. The number of benzene rings is 2. The first-order chi connectivity index (χ1) is 15.5. The summed E-state index contributed by atoms with van der Waals surface area (Å²) in [6, 6.07) is 14.4. The van der Waals surface area contributed by atoms with E-state index in [1.54, 1.807) is 0 Å². The number of rotatable bonds is 4. The van der Waals surface area contributed by atoms with Gasteiger partial charge >= 0.3 is 5.97 Å². The van der Waals surface area contributed by atoms with Crippen molar-refractivity contribution in [3.05, 3.63) is 83.1 Å². The lowest BCUT2D eigenvalue weighted by molar-refractivity contribution is -0.138. The van der Waals surface area contributed by atoms with Gasteiger partial charge in [-0.25, -0.2) is 4.68 Å². The van der Waals surface area contributed by atoms with Gasteiger partial charge in [0.15, 0.2) is 0 Å². The fourth-order valence-corrected chi connectivity index (χ4v) is 4.52. The van der Waals surface area contributed by atoms with Gasteiger partial charge in [0.2, 0.25) is 0 Å². The molecule has 1 aromatic heterocycles. The SMILES string of the molecule is NC(Cc1ccc(-n2nnc3c2C2=C(CCC=C2)CC(O)c2ccccc2-3)cc1)C(=O)O. The molecule has 2 aliphatic rings. The van der Waals surface area contributed by atoms with E-state index >= 15 is 0 Å². The lowest BCUT2D eigenvalue weighted by Crippen LogP contribution is -2.32. The Kier molecular flexibility index (Phi) is 5.20. The van der Waals surface area contributed by atoms with Crippen LogP contribution >= 0.6 is 0 Å². The molecule has 0 saturated heterocycles. The highest BCUT2D eigenvalue weighted by Gasteiger charge is 2.29. The zero-order valence-corrected chi connectivity index (χ0v) is 17.5. The van der Waals surface area contributed by atoms with E-state index in [2.05, 4.69) is 22.5 Å². The zero-order valence-electron chi connectivity index (χ0n) is 17.5. The van der Waals surface area contributed by atoms with E-state index in [1.807, 2.05) is 53.2 Å². The maximum atomic E-state index is 11.1. The standard InChI is InChI=1S/C25H24N4O3/c26-21(25(31)32)13-15-9-11-17(12-10-15)29-24-18-6-2-1-5-16(18)14-22(30)19-7-3-4-8-20(19)23(24)27-28-29/h2-4,6-12,21-22,30H,1,5,13-14,26H2,(H,31,32).